The van der Waals surface area contributed by atoms with E-state index in [2.05, 4.69) is 21.5 Å². The first kappa shape index (κ1) is 13.2. The van der Waals surface area contributed by atoms with Gasteiger partial charge in [-0.1, -0.05) is 24.9 Å². The van der Waals surface area contributed by atoms with Gasteiger partial charge in [-0.3, -0.25) is 0 Å². The molecule has 0 saturated heterocycles. The lowest BCUT2D eigenvalue weighted by molar-refractivity contribution is 0.404. The zero-order valence-electron chi connectivity index (χ0n) is 10.9. The molecule has 102 valence electrons. The van der Waals surface area contributed by atoms with Crippen LogP contribution >= 0.6 is 23.2 Å². The maximum atomic E-state index is 6.01. The summed E-state index contributed by atoms with van der Waals surface area (Å²) in [6.07, 6.45) is 6.23. The number of imidazole rings is 1. The van der Waals surface area contributed by atoms with E-state index in [0.717, 1.165) is 23.4 Å². The summed E-state index contributed by atoms with van der Waals surface area (Å²) in [6.45, 7) is 2.31. The molecule has 2 atom stereocenters. The second-order valence-electron chi connectivity index (χ2n) is 5.31. The lowest BCUT2D eigenvalue weighted by atomic mass is 10.1. The highest BCUT2D eigenvalue weighted by Crippen LogP contribution is 2.38. The Balaban J connectivity index is 2.16. The molecule has 2 unspecified atom stereocenters. The fourth-order valence-electron chi connectivity index (χ4n) is 3.12. The van der Waals surface area contributed by atoms with Gasteiger partial charge in [-0.25, -0.2) is 9.97 Å². The monoisotopic (exact) mass is 297 g/mol. The summed E-state index contributed by atoms with van der Waals surface area (Å²) in [5.41, 5.74) is 1.83. The largest absolute Gasteiger partial charge is 0.309 e. The molecule has 1 fully saturated rings. The summed E-state index contributed by atoms with van der Waals surface area (Å²) in [7, 11) is 0. The Morgan fingerprint density at radius 2 is 2.26 bits per heavy atom. The number of nitrogens with zero attached hydrogens (tertiary/aromatic N) is 3. The molecule has 3 nitrogen and oxygen atoms in total. The molecule has 19 heavy (non-hydrogen) atoms. The smallest absolute Gasteiger partial charge is 0.160 e. The normalized spacial score (nSPS) is 23.3. The Kier molecular flexibility index (Phi) is 3.68. The van der Waals surface area contributed by atoms with Crippen LogP contribution in [0, 0.1) is 5.92 Å². The van der Waals surface area contributed by atoms with Gasteiger partial charge in [0.15, 0.2) is 5.65 Å². The van der Waals surface area contributed by atoms with Gasteiger partial charge in [0.1, 0.15) is 11.3 Å². The Morgan fingerprint density at radius 1 is 1.42 bits per heavy atom. The topological polar surface area (TPSA) is 30.7 Å². The van der Waals surface area contributed by atoms with Crippen LogP contribution in [0.5, 0.6) is 0 Å². The maximum Gasteiger partial charge on any atom is 0.160 e. The maximum absolute atomic E-state index is 6.01. The molecular formula is C14H17Cl2N3. The molecular weight excluding hydrogens is 281 g/mol. The third-order valence-corrected chi connectivity index (χ3v) is 4.43. The number of pyridine rings is 1. The van der Waals surface area contributed by atoms with Gasteiger partial charge in [-0.05, 0) is 24.8 Å². The zero-order chi connectivity index (χ0) is 13.4. The predicted molar refractivity (Wildman–Crippen MR) is 79.0 cm³/mol. The SMILES string of the molecule is CC1CCCC1n1c(CCCl)nc2cc(Cl)cnc21. The Morgan fingerprint density at radius 3 is 2.95 bits per heavy atom. The number of aryl methyl sites for hydroxylation is 1. The molecule has 0 radical (unpaired) electrons. The summed E-state index contributed by atoms with van der Waals surface area (Å²) in [5, 5.41) is 0.633. The average Bonchev–Trinajstić information content (AvgIpc) is 2.92. The number of fused-ring (bicyclic) bond motifs is 1. The van der Waals surface area contributed by atoms with Crippen molar-refractivity contribution in [1.82, 2.24) is 14.5 Å². The van der Waals surface area contributed by atoms with Crippen molar-refractivity contribution in [3.63, 3.8) is 0 Å². The average molecular weight is 298 g/mol. The van der Waals surface area contributed by atoms with Crippen LogP contribution in [0.4, 0.5) is 0 Å². The van der Waals surface area contributed by atoms with Crippen molar-refractivity contribution in [2.45, 2.75) is 38.6 Å². The van der Waals surface area contributed by atoms with Gasteiger partial charge >= 0.3 is 0 Å². The first-order valence-corrected chi connectivity index (χ1v) is 7.70. The third-order valence-electron chi connectivity index (χ3n) is 4.04. The fraction of sp³-hybridized carbons (Fsp3) is 0.571. The summed E-state index contributed by atoms with van der Waals surface area (Å²) in [6, 6.07) is 2.38. The van der Waals surface area contributed by atoms with Gasteiger partial charge in [0, 0.05) is 24.5 Å². The van der Waals surface area contributed by atoms with Gasteiger partial charge < -0.3 is 4.57 Å². The molecule has 0 N–H and O–H groups in total. The molecule has 0 aromatic carbocycles. The number of rotatable bonds is 3. The number of hydrogen-bond donors (Lipinski definition) is 0. The minimum atomic E-state index is 0.497. The van der Waals surface area contributed by atoms with Crippen LogP contribution in [0.3, 0.4) is 0 Å². The zero-order valence-corrected chi connectivity index (χ0v) is 12.5. The number of hydrogen-bond acceptors (Lipinski definition) is 2. The van der Waals surface area contributed by atoms with Crippen molar-refractivity contribution in [1.29, 1.82) is 0 Å². The lowest BCUT2D eigenvalue weighted by Gasteiger charge is -2.20. The molecule has 5 heteroatoms. The summed E-state index contributed by atoms with van der Waals surface area (Å²) < 4.78 is 2.30. The summed E-state index contributed by atoms with van der Waals surface area (Å²) in [4.78, 5) is 9.16. The molecule has 3 rings (SSSR count). The van der Waals surface area contributed by atoms with Gasteiger partial charge in [-0.2, -0.15) is 0 Å². The quantitative estimate of drug-likeness (QED) is 0.794. The predicted octanol–water partition coefficient (Wildman–Crippen LogP) is 4.23. The van der Waals surface area contributed by atoms with Crippen LogP contribution < -0.4 is 0 Å². The van der Waals surface area contributed by atoms with E-state index in [1.165, 1.54) is 19.3 Å². The van der Waals surface area contributed by atoms with Crippen LogP contribution in [-0.2, 0) is 6.42 Å². The van der Waals surface area contributed by atoms with E-state index in [0.29, 0.717) is 22.9 Å². The molecule has 1 aliphatic rings. The Hall–Kier alpha value is -0.800. The first-order valence-electron chi connectivity index (χ1n) is 6.79. The van der Waals surface area contributed by atoms with Crippen molar-refractivity contribution < 1.29 is 0 Å². The fourth-order valence-corrected chi connectivity index (χ4v) is 3.44. The lowest BCUT2D eigenvalue weighted by Crippen LogP contribution is -2.15. The minimum absolute atomic E-state index is 0.497. The molecule has 2 aromatic heterocycles. The summed E-state index contributed by atoms with van der Waals surface area (Å²) >= 11 is 11.9. The van der Waals surface area contributed by atoms with Crippen LogP contribution in [0.15, 0.2) is 12.3 Å². The highest BCUT2D eigenvalue weighted by Gasteiger charge is 2.28. The van der Waals surface area contributed by atoms with Crippen LogP contribution in [0.25, 0.3) is 11.2 Å². The second-order valence-corrected chi connectivity index (χ2v) is 6.12. The van der Waals surface area contributed by atoms with Crippen molar-refractivity contribution in [3.05, 3.63) is 23.1 Å². The van der Waals surface area contributed by atoms with Crippen molar-refractivity contribution >= 4 is 34.4 Å². The van der Waals surface area contributed by atoms with Crippen molar-refractivity contribution in [2.24, 2.45) is 5.92 Å². The van der Waals surface area contributed by atoms with E-state index in [1.54, 1.807) is 6.20 Å². The van der Waals surface area contributed by atoms with Crippen LogP contribution in [0.1, 0.15) is 38.1 Å². The Labute approximate surface area is 122 Å². The third kappa shape index (κ3) is 2.34. The van der Waals surface area contributed by atoms with Crippen molar-refractivity contribution in [2.75, 3.05) is 5.88 Å². The standard InChI is InChI=1S/C14H17Cl2N3/c1-9-3-2-4-12(9)19-13(5-6-15)18-11-7-10(16)8-17-14(11)19/h7-9,12H,2-6H2,1H3. The molecule has 1 aliphatic carbocycles. The molecule has 0 spiro atoms. The molecule has 0 aliphatic heterocycles. The molecule has 0 amide bonds. The second kappa shape index (κ2) is 5.29. The number of alkyl halides is 1. The highest BCUT2D eigenvalue weighted by molar-refractivity contribution is 6.31. The van der Waals surface area contributed by atoms with Gasteiger partial charge in [-0.15, -0.1) is 11.6 Å². The van der Waals surface area contributed by atoms with E-state index < -0.39 is 0 Å². The summed E-state index contributed by atoms with van der Waals surface area (Å²) in [5.74, 6) is 2.29. The van der Waals surface area contributed by atoms with E-state index in [1.807, 2.05) is 6.07 Å². The van der Waals surface area contributed by atoms with E-state index in [-0.39, 0.29) is 0 Å². The van der Waals surface area contributed by atoms with E-state index in [9.17, 15) is 0 Å². The van der Waals surface area contributed by atoms with E-state index >= 15 is 0 Å². The molecule has 1 saturated carbocycles. The van der Waals surface area contributed by atoms with Gasteiger partial charge in [0.25, 0.3) is 0 Å². The van der Waals surface area contributed by atoms with Gasteiger partial charge in [0.05, 0.1) is 5.02 Å². The van der Waals surface area contributed by atoms with Crippen LogP contribution in [-0.4, -0.2) is 20.4 Å². The minimum Gasteiger partial charge on any atom is -0.309 e. The number of halogens is 2. The molecule has 0 bridgehead atoms. The van der Waals surface area contributed by atoms with Crippen LogP contribution in [0.2, 0.25) is 5.02 Å². The molecule has 2 heterocycles. The van der Waals surface area contributed by atoms with E-state index in [4.69, 9.17) is 23.2 Å². The number of aromatic nitrogens is 3. The molecule has 2 aromatic rings. The van der Waals surface area contributed by atoms with Crippen molar-refractivity contribution in [3.8, 4) is 0 Å². The first-order chi connectivity index (χ1) is 9.20. The highest BCUT2D eigenvalue weighted by atomic mass is 35.5. The van der Waals surface area contributed by atoms with Gasteiger partial charge in [0.2, 0.25) is 0 Å². The Bertz CT molecular complexity index is 594.